The zero-order chi connectivity index (χ0) is 6.69. The van der Waals surface area contributed by atoms with E-state index in [2.05, 4.69) is 0 Å². The number of carbonyl (C=O) groups is 1. The van der Waals surface area contributed by atoms with E-state index >= 15 is 0 Å². The van der Waals surface area contributed by atoms with Gasteiger partial charge in [0.15, 0.2) is 5.78 Å². The summed E-state index contributed by atoms with van der Waals surface area (Å²) in [6, 6.07) is 9.23. The van der Waals surface area contributed by atoms with Crippen LogP contribution in [0, 0.1) is 0 Å². The molecule has 0 bridgehead atoms. The van der Waals surface area contributed by atoms with Crippen LogP contribution < -0.4 is 0 Å². The van der Waals surface area contributed by atoms with Crippen LogP contribution in [0.4, 0.5) is 0 Å². The second kappa shape index (κ2) is 4.56. The summed E-state index contributed by atoms with van der Waals surface area (Å²) in [5, 5.41) is 0. The van der Waals surface area contributed by atoms with E-state index in [1.165, 1.54) is 0 Å². The third kappa shape index (κ3) is 2.56. The van der Waals surface area contributed by atoms with Gasteiger partial charge in [0.25, 0.3) is 0 Å². The topological polar surface area (TPSA) is 17.1 Å². The maximum Gasteiger partial charge on any atom is 0.159 e. The van der Waals surface area contributed by atoms with Crippen molar-refractivity contribution >= 4 is 5.78 Å². The number of carbonyl (C=O) groups excluding carboxylic acids is 1. The van der Waals surface area contributed by atoms with Gasteiger partial charge in [-0.15, -0.1) is 0 Å². The molecular weight excluding hydrogens is 291 g/mol. The maximum absolute atomic E-state index is 10.6. The van der Waals surface area contributed by atoms with E-state index in [4.69, 9.17) is 0 Å². The minimum atomic E-state index is 0. The Bertz CT molecular complexity index is 206. The Balaban J connectivity index is 0.000000810. The Morgan fingerprint density at radius 2 is 1.70 bits per heavy atom. The van der Waals surface area contributed by atoms with Crippen LogP contribution in [-0.2, 0) is 25.8 Å². The minimum absolute atomic E-state index is 0. The molecule has 2 heteroatoms. The van der Waals surface area contributed by atoms with Crippen LogP contribution in [0.1, 0.15) is 17.3 Å². The third-order valence-electron chi connectivity index (χ3n) is 1.18. The van der Waals surface area contributed by atoms with Gasteiger partial charge in [-0.05, 0) is 6.92 Å². The average molecular weight is 299 g/mol. The largest absolute Gasteiger partial charge is 0.295 e. The van der Waals surface area contributed by atoms with Crippen LogP contribution in [-0.4, -0.2) is 5.78 Å². The molecule has 0 aromatic heterocycles. The van der Waals surface area contributed by atoms with Crippen molar-refractivity contribution in [2.45, 2.75) is 6.92 Å². The molecule has 1 aromatic carbocycles. The second-order valence-electron chi connectivity index (χ2n) is 1.92. The van der Waals surface area contributed by atoms with Gasteiger partial charge in [-0.1, -0.05) is 30.3 Å². The molecule has 0 heterocycles. The smallest absolute Gasteiger partial charge is 0.159 e. The van der Waals surface area contributed by atoms with E-state index in [0.29, 0.717) is 0 Å². The number of rotatable bonds is 1. The average Bonchev–Trinajstić information content (AvgIpc) is 1.90. The van der Waals surface area contributed by atoms with E-state index in [0.717, 1.165) is 5.56 Å². The fourth-order valence-electron chi connectivity index (χ4n) is 0.673. The van der Waals surface area contributed by atoms with Gasteiger partial charge in [0.1, 0.15) is 0 Å². The van der Waals surface area contributed by atoms with Crippen molar-refractivity contribution in [1.29, 1.82) is 0 Å². The molecule has 0 spiro atoms. The predicted octanol–water partition coefficient (Wildman–Crippen LogP) is 1.89. The molecule has 0 atom stereocenters. The monoisotopic (exact) mass is 300 g/mol. The van der Waals surface area contributed by atoms with E-state index in [9.17, 15) is 4.79 Å². The molecule has 0 saturated heterocycles. The third-order valence-corrected chi connectivity index (χ3v) is 1.18. The van der Waals surface area contributed by atoms with E-state index < -0.39 is 0 Å². The Hall–Kier alpha value is -0.240. The zero-order valence-corrected chi connectivity index (χ0v) is 9.39. The van der Waals surface area contributed by atoms with Crippen molar-refractivity contribution in [3.63, 3.8) is 0 Å². The van der Waals surface area contributed by atoms with Crippen molar-refractivity contribution in [3.05, 3.63) is 35.9 Å². The molecular formula is C8H8HfO. The van der Waals surface area contributed by atoms with Crippen LogP contribution in [0.3, 0.4) is 0 Å². The van der Waals surface area contributed by atoms with Gasteiger partial charge >= 0.3 is 0 Å². The zero-order valence-electron chi connectivity index (χ0n) is 5.79. The minimum Gasteiger partial charge on any atom is -0.295 e. The molecule has 0 saturated carbocycles. The van der Waals surface area contributed by atoms with Gasteiger partial charge in [0, 0.05) is 31.4 Å². The van der Waals surface area contributed by atoms with Crippen LogP contribution in [0.25, 0.3) is 0 Å². The first-order chi connectivity index (χ1) is 4.30. The fourth-order valence-corrected chi connectivity index (χ4v) is 0.673. The molecule has 0 amide bonds. The van der Waals surface area contributed by atoms with E-state index in [1.807, 2.05) is 30.3 Å². The standard InChI is InChI=1S/C8H8O.Hf/c1-7(9)8-5-3-2-4-6-8;/h2-6H,1H3;. The number of ketones is 1. The Kier molecular flexibility index (Phi) is 4.45. The summed E-state index contributed by atoms with van der Waals surface area (Å²) in [6.07, 6.45) is 0. The molecule has 0 aliphatic heterocycles. The van der Waals surface area contributed by atoms with Crippen molar-refractivity contribution < 1.29 is 30.6 Å². The Morgan fingerprint density at radius 1 is 1.20 bits per heavy atom. The Labute approximate surface area is 79.2 Å². The van der Waals surface area contributed by atoms with Crippen molar-refractivity contribution in [3.8, 4) is 0 Å². The summed E-state index contributed by atoms with van der Waals surface area (Å²) >= 11 is 0. The van der Waals surface area contributed by atoms with Gasteiger partial charge < -0.3 is 0 Å². The summed E-state index contributed by atoms with van der Waals surface area (Å²) in [5.74, 6) is 0.121. The van der Waals surface area contributed by atoms with Crippen LogP contribution in [0.2, 0.25) is 0 Å². The molecule has 1 rings (SSSR count). The molecule has 50 valence electrons. The fraction of sp³-hybridized carbons (Fsp3) is 0.125. The van der Waals surface area contributed by atoms with Crippen molar-refractivity contribution in [2.75, 3.05) is 0 Å². The first-order valence-electron chi connectivity index (χ1n) is 2.86. The van der Waals surface area contributed by atoms with Crippen molar-refractivity contribution in [1.82, 2.24) is 0 Å². The van der Waals surface area contributed by atoms with E-state index in [-0.39, 0.29) is 31.6 Å². The number of hydrogen-bond acceptors (Lipinski definition) is 1. The van der Waals surface area contributed by atoms with E-state index in [1.54, 1.807) is 6.92 Å². The van der Waals surface area contributed by atoms with Crippen LogP contribution in [0.15, 0.2) is 30.3 Å². The normalized spacial score (nSPS) is 8.10. The number of hydrogen-bond donors (Lipinski definition) is 0. The number of Topliss-reactive ketones (excluding diaryl/α,β-unsaturated/α-hetero) is 1. The maximum atomic E-state index is 10.6. The van der Waals surface area contributed by atoms with Crippen LogP contribution in [0.5, 0.6) is 0 Å². The summed E-state index contributed by atoms with van der Waals surface area (Å²) < 4.78 is 0. The SMILES string of the molecule is CC(=O)c1ccccc1.[Hf]. The van der Waals surface area contributed by atoms with Gasteiger partial charge in [0.2, 0.25) is 0 Å². The first-order valence-corrected chi connectivity index (χ1v) is 2.86. The molecule has 0 aliphatic rings. The molecule has 0 unspecified atom stereocenters. The molecule has 1 aromatic rings. The second-order valence-corrected chi connectivity index (χ2v) is 1.92. The van der Waals surface area contributed by atoms with Gasteiger partial charge in [-0.3, -0.25) is 4.79 Å². The molecule has 0 aliphatic carbocycles. The summed E-state index contributed by atoms with van der Waals surface area (Å²) in [5.41, 5.74) is 0.775. The van der Waals surface area contributed by atoms with Crippen molar-refractivity contribution in [2.24, 2.45) is 0 Å². The quantitative estimate of drug-likeness (QED) is 0.571. The molecule has 1 nitrogen and oxygen atoms in total. The summed E-state index contributed by atoms with van der Waals surface area (Å²) in [4.78, 5) is 10.6. The van der Waals surface area contributed by atoms with Gasteiger partial charge in [0.05, 0.1) is 0 Å². The van der Waals surface area contributed by atoms with Gasteiger partial charge in [-0.25, -0.2) is 0 Å². The van der Waals surface area contributed by atoms with Crippen LogP contribution >= 0.6 is 0 Å². The molecule has 10 heavy (non-hydrogen) atoms. The first kappa shape index (κ1) is 9.76. The molecule has 0 fully saturated rings. The molecule has 0 radical (unpaired) electrons. The summed E-state index contributed by atoms with van der Waals surface area (Å²) in [7, 11) is 0. The molecule has 0 N–H and O–H groups in total. The predicted molar refractivity (Wildman–Crippen MR) is 36.4 cm³/mol. The number of benzene rings is 1. The van der Waals surface area contributed by atoms with Gasteiger partial charge in [-0.2, -0.15) is 0 Å². The Morgan fingerprint density at radius 3 is 2.00 bits per heavy atom. The summed E-state index contributed by atoms with van der Waals surface area (Å²) in [6.45, 7) is 1.56.